The average molecular weight is 285 g/mol. The molecule has 1 aliphatic rings. The second kappa shape index (κ2) is 4.73. The summed E-state index contributed by atoms with van der Waals surface area (Å²) >= 11 is 5.88. The van der Waals surface area contributed by atoms with Gasteiger partial charge in [0.05, 0.1) is 17.6 Å². The summed E-state index contributed by atoms with van der Waals surface area (Å²) in [6.07, 6.45) is -4.38. The number of halogens is 1. The molecule has 0 spiro atoms. The van der Waals surface area contributed by atoms with Crippen LogP contribution in [0.5, 0.6) is 0 Å². The van der Waals surface area contributed by atoms with Crippen LogP contribution in [0.2, 0.25) is 5.02 Å². The Morgan fingerprint density at radius 3 is 2.84 bits per heavy atom. The van der Waals surface area contributed by atoms with Crippen molar-refractivity contribution < 1.29 is 20.1 Å². The lowest BCUT2D eigenvalue weighted by atomic mass is 10.00. The number of aliphatic hydroxyl groups excluding tert-OH is 3. The van der Waals surface area contributed by atoms with Gasteiger partial charge in [0, 0.05) is 5.02 Å². The van der Waals surface area contributed by atoms with E-state index in [0.29, 0.717) is 16.4 Å². The van der Waals surface area contributed by atoms with Crippen LogP contribution in [-0.2, 0) is 4.74 Å². The predicted octanol–water partition coefficient (Wildman–Crippen LogP) is 0.370. The van der Waals surface area contributed by atoms with Crippen LogP contribution in [0.3, 0.4) is 0 Å². The summed E-state index contributed by atoms with van der Waals surface area (Å²) in [5.41, 5.74) is 1.41. The molecule has 4 atom stereocenters. The molecule has 3 rings (SSSR count). The number of aromatic amines is 1. The first kappa shape index (κ1) is 12.8. The number of ether oxygens (including phenoxy) is 1. The number of nitrogens with zero attached hydrogens (tertiary/aromatic N) is 1. The van der Waals surface area contributed by atoms with E-state index in [-0.39, 0.29) is 6.61 Å². The number of rotatable bonds is 1. The molecule has 2 aromatic rings. The van der Waals surface area contributed by atoms with Gasteiger partial charge in [0.1, 0.15) is 30.2 Å². The lowest BCUT2D eigenvalue weighted by Gasteiger charge is -2.34. The number of hydrogen-bond donors (Lipinski definition) is 4. The Bertz CT molecular complexity index is 602. The third-order valence-corrected chi connectivity index (χ3v) is 3.47. The van der Waals surface area contributed by atoms with E-state index in [4.69, 9.17) is 16.3 Å². The molecule has 1 aliphatic heterocycles. The summed E-state index contributed by atoms with van der Waals surface area (Å²) in [6.45, 7) is -0.0549. The smallest absolute Gasteiger partial charge is 0.144 e. The Kier molecular flexibility index (Phi) is 3.20. The molecule has 4 N–H and O–H groups in total. The first-order valence-electron chi connectivity index (χ1n) is 5.87. The Labute approximate surface area is 113 Å². The second-order valence-corrected chi connectivity index (χ2v) is 5.02. The lowest BCUT2D eigenvalue weighted by Crippen LogP contribution is -2.49. The predicted molar refractivity (Wildman–Crippen MR) is 67.8 cm³/mol. The number of benzene rings is 1. The molecule has 1 aromatic carbocycles. The molecule has 0 aliphatic carbocycles. The van der Waals surface area contributed by atoms with Crippen LogP contribution >= 0.6 is 11.6 Å². The summed E-state index contributed by atoms with van der Waals surface area (Å²) in [7, 11) is 0. The highest BCUT2D eigenvalue weighted by Gasteiger charge is 2.39. The maximum Gasteiger partial charge on any atom is 0.144 e. The monoisotopic (exact) mass is 284 g/mol. The zero-order valence-corrected chi connectivity index (χ0v) is 10.6. The summed E-state index contributed by atoms with van der Waals surface area (Å²) in [4.78, 5) is 7.29. The third kappa shape index (κ3) is 2.22. The van der Waals surface area contributed by atoms with Crippen molar-refractivity contribution in [1.29, 1.82) is 0 Å². The molecule has 1 saturated heterocycles. The Morgan fingerprint density at radius 2 is 2.05 bits per heavy atom. The number of aromatic nitrogens is 2. The van der Waals surface area contributed by atoms with E-state index in [0.717, 1.165) is 5.52 Å². The fraction of sp³-hybridized carbons (Fsp3) is 0.417. The Morgan fingerprint density at radius 1 is 1.26 bits per heavy atom. The van der Waals surface area contributed by atoms with Gasteiger partial charge in [-0.1, -0.05) is 11.6 Å². The van der Waals surface area contributed by atoms with E-state index < -0.39 is 24.4 Å². The van der Waals surface area contributed by atoms with Gasteiger partial charge in [-0.15, -0.1) is 0 Å². The number of fused-ring (bicyclic) bond motifs is 1. The van der Waals surface area contributed by atoms with Crippen LogP contribution < -0.4 is 0 Å². The van der Waals surface area contributed by atoms with Gasteiger partial charge in [0.25, 0.3) is 0 Å². The van der Waals surface area contributed by atoms with Crippen molar-refractivity contribution in [1.82, 2.24) is 9.97 Å². The van der Waals surface area contributed by atoms with Crippen molar-refractivity contribution >= 4 is 22.6 Å². The van der Waals surface area contributed by atoms with Crippen LogP contribution in [0, 0.1) is 0 Å². The van der Waals surface area contributed by atoms with E-state index >= 15 is 0 Å². The van der Waals surface area contributed by atoms with Gasteiger partial charge in [0.15, 0.2) is 0 Å². The van der Waals surface area contributed by atoms with Crippen molar-refractivity contribution in [3.8, 4) is 0 Å². The molecule has 0 amide bonds. The molecular formula is C12H13ClN2O4. The van der Waals surface area contributed by atoms with Crippen molar-refractivity contribution in [2.75, 3.05) is 6.61 Å². The molecule has 0 radical (unpaired) electrons. The minimum atomic E-state index is -1.25. The van der Waals surface area contributed by atoms with E-state index in [1.54, 1.807) is 18.2 Å². The molecule has 0 saturated carbocycles. The quantitative estimate of drug-likeness (QED) is 0.606. The van der Waals surface area contributed by atoms with Gasteiger partial charge in [-0.25, -0.2) is 4.98 Å². The fourth-order valence-corrected chi connectivity index (χ4v) is 2.36. The molecule has 7 heteroatoms. The standard InChI is InChI=1S/C12H13ClN2O4/c13-5-1-2-6-7(3-5)15-12(14-6)11-10(18)9(17)8(16)4-19-11/h1-3,8-11,16-18H,4H2,(H,14,15). The summed E-state index contributed by atoms with van der Waals surface area (Å²) < 4.78 is 5.33. The SMILES string of the molecule is OC1COC(c2nc3ccc(Cl)cc3[nH]2)C(O)C1O. The zero-order valence-electron chi connectivity index (χ0n) is 9.82. The highest BCUT2D eigenvalue weighted by molar-refractivity contribution is 6.31. The third-order valence-electron chi connectivity index (χ3n) is 3.23. The number of hydrogen-bond acceptors (Lipinski definition) is 5. The molecule has 19 heavy (non-hydrogen) atoms. The molecule has 4 unspecified atom stereocenters. The fourth-order valence-electron chi connectivity index (χ4n) is 2.18. The van der Waals surface area contributed by atoms with Gasteiger partial charge in [0.2, 0.25) is 0 Å². The Balaban J connectivity index is 1.95. The van der Waals surface area contributed by atoms with E-state index in [9.17, 15) is 15.3 Å². The average Bonchev–Trinajstić information content (AvgIpc) is 2.78. The maximum absolute atomic E-state index is 9.92. The topological polar surface area (TPSA) is 98.6 Å². The summed E-state index contributed by atoms with van der Waals surface area (Å²) in [5.74, 6) is 0.399. The molecule has 102 valence electrons. The van der Waals surface area contributed by atoms with Crippen LogP contribution in [0.25, 0.3) is 11.0 Å². The Hall–Kier alpha value is -1.18. The number of imidazole rings is 1. The molecule has 1 aromatic heterocycles. The van der Waals surface area contributed by atoms with Crippen LogP contribution in [0.15, 0.2) is 18.2 Å². The van der Waals surface area contributed by atoms with Gasteiger partial charge in [-0.3, -0.25) is 0 Å². The van der Waals surface area contributed by atoms with Gasteiger partial charge >= 0.3 is 0 Å². The molecule has 2 heterocycles. The number of aliphatic hydroxyl groups is 3. The van der Waals surface area contributed by atoms with E-state index in [1.165, 1.54) is 0 Å². The normalized spacial score (nSPS) is 31.8. The molecule has 1 fully saturated rings. The van der Waals surface area contributed by atoms with E-state index in [2.05, 4.69) is 9.97 Å². The second-order valence-electron chi connectivity index (χ2n) is 4.59. The maximum atomic E-state index is 9.92. The van der Waals surface area contributed by atoms with Crippen molar-refractivity contribution in [3.63, 3.8) is 0 Å². The summed E-state index contributed by atoms with van der Waals surface area (Å²) in [6, 6.07) is 5.18. The van der Waals surface area contributed by atoms with Crippen LogP contribution in [0.1, 0.15) is 11.9 Å². The summed E-state index contributed by atoms with van der Waals surface area (Å²) in [5, 5.41) is 29.6. The minimum Gasteiger partial charge on any atom is -0.388 e. The number of H-pyrrole nitrogens is 1. The van der Waals surface area contributed by atoms with Crippen molar-refractivity contribution in [3.05, 3.63) is 29.0 Å². The highest BCUT2D eigenvalue weighted by Crippen LogP contribution is 2.29. The zero-order chi connectivity index (χ0) is 13.6. The molecule has 6 nitrogen and oxygen atoms in total. The van der Waals surface area contributed by atoms with Gasteiger partial charge in [-0.05, 0) is 18.2 Å². The molecular weight excluding hydrogens is 272 g/mol. The van der Waals surface area contributed by atoms with Crippen molar-refractivity contribution in [2.45, 2.75) is 24.4 Å². The van der Waals surface area contributed by atoms with Crippen molar-refractivity contribution in [2.24, 2.45) is 0 Å². The molecule has 0 bridgehead atoms. The van der Waals surface area contributed by atoms with Gasteiger partial charge < -0.3 is 25.0 Å². The number of nitrogens with one attached hydrogen (secondary N) is 1. The van der Waals surface area contributed by atoms with Gasteiger partial charge in [-0.2, -0.15) is 0 Å². The van der Waals surface area contributed by atoms with Crippen LogP contribution in [-0.4, -0.2) is 50.2 Å². The lowest BCUT2D eigenvalue weighted by molar-refractivity contribution is -0.191. The first-order valence-corrected chi connectivity index (χ1v) is 6.25. The minimum absolute atomic E-state index is 0.0549. The largest absolute Gasteiger partial charge is 0.388 e. The highest BCUT2D eigenvalue weighted by atomic mass is 35.5. The van der Waals surface area contributed by atoms with E-state index in [1.807, 2.05) is 0 Å². The first-order chi connectivity index (χ1) is 9.06. The van der Waals surface area contributed by atoms with Crippen LogP contribution in [0.4, 0.5) is 0 Å².